The number of rotatable bonds is 2. The Bertz CT molecular complexity index is 440. The maximum atomic E-state index is 12.0. The molecule has 0 spiro atoms. The molecule has 0 bridgehead atoms. The van der Waals surface area contributed by atoms with Crippen molar-refractivity contribution >= 4 is 11.6 Å². The van der Waals surface area contributed by atoms with Crippen molar-refractivity contribution < 1.29 is 4.79 Å². The number of amides is 1. The summed E-state index contributed by atoms with van der Waals surface area (Å²) < 4.78 is 0. The molecule has 0 radical (unpaired) electrons. The zero-order valence-electron chi connectivity index (χ0n) is 12.4. The molecule has 104 valence electrons. The fraction of sp³-hybridized carbons (Fsp3) is 0.562. The van der Waals surface area contributed by atoms with Crippen LogP contribution in [0.1, 0.15) is 25.0 Å². The molecule has 1 aliphatic rings. The average Bonchev–Trinajstić information content (AvgIpc) is 2.37. The van der Waals surface area contributed by atoms with Gasteiger partial charge < -0.3 is 9.80 Å². The van der Waals surface area contributed by atoms with Gasteiger partial charge in [-0.3, -0.25) is 4.79 Å². The average molecular weight is 260 g/mol. The smallest absolute Gasteiger partial charge is 0.225 e. The molecule has 1 heterocycles. The van der Waals surface area contributed by atoms with Gasteiger partial charge in [-0.25, -0.2) is 0 Å². The summed E-state index contributed by atoms with van der Waals surface area (Å²) in [6, 6.07) is 6.65. The van der Waals surface area contributed by atoms with Crippen LogP contribution in [0.25, 0.3) is 0 Å². The maximum absolute atomic E-state index is 12.0. The summed E-state index contributed by atoms with van der Waals surface area (Å²) in [7, 11) is 0. The van der Waals surface area contributed by atoms with Crippen LogP contribution in [0.5, 0.6) is 0 Å². The number of piperazine rings is 1. The van der Waals surface area contributed by atoms with Crippen molar-refractivity contribution in [1.29, 1.82) is 0 Å². The Hall–Kier alpha value is -1.51. The van der Waals surface area contributed by atoms with E-state index in [0.29, 0.717) is 0 Å². The lowest BCUT2D eigenvalue weighted by Gasteiger charge is -2.37. The van der Waals surface area contributed by atoms with E-state index in [1.54, 1.807) is 0 Å². The minimum atomic E-state index is 0.104. The molecule has 0 saturated carbocycles. The Morgan fingerprint density at radius 1 is 1.00 bits per heavy atom. The van der Waals surface area contributed by atoms with Crippen molar-refractivity contribution in [3.63, 3.8) is 0 Å². The maximum Gasteiger partial charge on any atom is 0.225 e. The number of hydrogen-bond acceptors (Lipinski definition) is 2. The lowest BCUT2D eigenvalue weighted by molar-refractivity contribution is -0.134. The van der Waals surface area contributed by atoms with Crippen LogP contribution in [0.3, 0.4) is 0 Å². The first-order valence-corrected chi connectivity index (χ1v) is 7.09. The highest BCUT2D eigenvalue weighted by molar-refractivity contribution is 5.78. The largest absolute Gasteiger partial charge is 0.368 e. The minimum absolute atomic E-state index is 0.104. The van der Waals surface area contributed by atoms with Crippen molar-refractivity contribution in [2.45, 2.75) is 27.7 Å². The van der Waals surface area contributed by atoms with E-state index < -0.39 is 0 Å². The topological polar surface area (TPSA) is 23.6 Å². The lowest BCUT2D eigenvalue weighted by atomic mass is 10.1. The van der Waals surface area contributed by atoms with Gasteiger partial charge in [0.15, 0.2) is 0 Å². The van der Waals surface area contributed by atoms with Gasteiger partial charge in [0.2, 0.25) is 5.91 Å². The van der Waals surface area contributed by atoms with Crippen LogP contribution in [0.15, 0.2) is 18.2 Å². The number of carbonyl (C=O) groups excluding carboxylic acids is 1. The predicted octanol–water partition coefficient (Wildman–Crippen LogP) is 2.61. The van der Waals surface area contributed by atoms with Gasteiger partial charge in [-0.1, -0.05) is 19.9 Å². The monoisotopic (exact) mass is 260 g/mol. The van der Waals surface area contributed by atoms with Crippen molar-refractivity contribution in [2.24, 2.45) is 5.92 Å². The molecule has 0 aromatic heterocycles. The molecule has 1 aromatic carbocycles. The molecule has 1 amide bonds. The van der Waals surface area contributed by atoms with Crippen LogP contribution in [-0.2, 0) is 4.79 Å². The molecular weight excluding hydrogens is 236 g/mol. The van der Waals surface area contributed by atoms with Gasteiger partial charge in [-0.05, 0) is 37.1 Å². The Morgan fingerprint density at radius 2 is 1.53 bits per heavy atom. The third-order valence-electron chi connectivity index (χ3n) is 3.66. The molecule has 3 nitrogen and oxygen atoms in total. The number of anilines is 1. The molecule has 0 aliphatic carbocycles. The van der Waals surface area contributed by atoms with Gasteiger partial charge in [0.05, 0.1) is 0 Å². The molecule has 3 heteroatoms. The molecule has 19 heavy (non-hydrogen) atoms. The number of aryl methyl sites for hydroxylation is 2. The van der Waals surface area contributed by atoms with Crippen LogP contribution >= 0.6 is 0 Å². The molecule has 1 saturated heterocycles. The summed E-state index contributed by atoms with van der Waals surface area (Å²) in [6.07, 6.45) is 0. The van der Waals surface area contributed by atoms with E-state index in [1.165, 1.54) is 16.8 Å². The van der Waals surface area contributed by atoms with Crippen molar-refractivity contribution in [1.82, 2.24) is 4.90 Å². The summed E-state index contributed by atoms with van der Waals surface area (Å²) >= 11 is 0. The Balaban J connectivity index is 2.01. The highest BCUT2D eigenvalue weighted by Crippen LogP contribution is 2.20. The molecule has 1 aromatic rings. The van der Waals surface area contributed by atoms with E-state index in [2.05, 4.69) is 36.9 Å². The molecule has 1 aliphatic heterocycles. The first-order valence-electron chi connectivity index (χ1n) is 7.09. The van der Waals surface area contributed by atoms with E-state index in [1.807, 2.05) is 18.7 Å². The van der Waals surface area contributed by atoms with Crippen LogP contribution in [0, 0.1) is 19.8 Å². The first kappa shape index (κ1) is 13.9. The molecule has 0 unspecified atom stereocenters. The summed E-state index contributed by atoms with van der Waals surface area (Å²) in [5.74, 6) is 0.382. The summed E-state index contributed by atoms with van der Waals surface area (Å²) in [4.78, 5) is 16.3. The van der Waals surface area contributed by atoms with Crippen LogP contribution in [0.2, 0.25) is 0 Å². The van der Waals surface area contributed by atoms with Crippen LogP contribution in [0.4, 0.5) is 5.69 Å². The Kier molecular flexibility index (Phi) is 4.13. The van der Waals surface area contributed by atoms with Crippen LogP contribution < -0.4 is 4.90 Å². The molecule has 1 fully saturated rings. The van der Waals surface area contributed by atoms with Gasteiger partial charge in [0.1, 0.15) is 0 Å². The first-order chi connectivity index (χ1) is 8.97. The second-order valence-electron chi connectivity index (χ2n) is 5.81. The third kappa shape index (κ3) is 3.28. The second kappa shape index (κ2) is 5.64. The molecule has 0 atom stereocenters. The van der Waals surface area contributed by atoms with Gasteiger partial charge >= 0.3 is 0 Å². The van der Waals surface area contributed by atoms with Crippen molar-refractivity contribution in [3.8, 4) is 0 Å². The highest BCUT2D eigenvalue weighted by atomic mass is 16.2. The Morgan fingerprint density at radius 3 is 2.00 bits per heavy atom. The summed E-state index contributed by atoms with van der Waals surface area (Å²) in [5.41, 5.74) is 3.89. The zero-order valence-corrected chi connectivity index (χ0v) is 12.4. The standard InChI is InChI=1S/C16H24N2O/c1-12(2)16(19)18-7-5-17(6-8-18)15-10-13(3)9-14(4)11-15/h9-12H,5-8H2,1-4H3. The SMILES string of the molecule is Cc1cc(C)cc(N2CCN(C(=O)C(C)C)CC2)c1. The van der Waals surface area contributed by atoms with Gasteiger partial charge in [-0.15, -0.1) is 0 Å². The fourth-order valence-corrected chi connectivity index (χ4v) is 2.68. The Labute approximate surface area is 116 Å². The second-order valence-corrected chi connectivity index (χ2v) is 5.81. The molecule has 0 N–H and O–H groups in total. The molecule has 2 rings (SSSR count). The van der Waals surface area contributed by atoms with E-state index >= 15 is 0 Å². The van der Waals surface area contributed by atoms with Crippen molar-refractivity contribution in [3.05, 3.63) is 29.3 Å². The normalized spacial score (nSPS) is 16.1. The predicted molar refractivity (Wildman–Crippen MR) is 79.5 cm³/mol. The van der Waals surface area contributed by atoms with Crippen molar-refractivity contribution in [2.75, 3.05) is 31.1 Å². The van der Waals surface area contributed by atoms with E-state index in [0.717, 1.165) is 26.2 Å². The third-order valence-corrected chi connectivity index (χ3v) is 3.66. The fourth-order valence-electron chi connectivity index (χ4n) is 2.68. The van der Waals surface area contributed by atoms with E-state index in [4.69, 9.17) is 0 Å². The number of hydrogen-bond donors (Lipinski definition) is 0. The summed E-state index contributed by atoms with van der Waals surface area (Å²) in [6.45, 7) is 11.7. The zero-order chi connectivity index (χ0) is 14.0. The number of benzene rings is 1. The number of carbonyl (C=O) groups is 1. The quantitative estimate of drug-likeness (QED) is 0.816. The number of nitrogens with zero attached hydrogens (tertiary/aromatic N) is 2. The van der Waals surface area contributed by atoms with E-state index in [-0.39, 0.29) is 11.8 Å². The molecular formula is C16H24N2O. The summed E-state index contributed by atoms with van der Waals surface area (Å²) in [5, 5.41) is 0. The van der Waals surface area contributed by atoms with Gasteiger partial charge in [0.25, 0.3) is 0 Å². The van der Waals surface area contributed by atoms with Gasteiger partial charge in [-0.2, -0.15) is 0 Å². The minimum Gasteiger partial charge on any atom is -0.368 e. The van der Waals surface area contributed by atoms with Gasteiger partial charge in [0, 0.05) is 37.8 Å². The van der Waals surface area contributed by atoms with E-state index in [9.17, 15) is 4.79 Å². The highest BCUT2D eigenvalue weighted by Gasteiger charge is 2.22. The van der Waals surface area contributed by atoms with Crippen LogP contribution in [-0.4, -0.2) is 37.0 Å². The lowest BCUT2D eigenvalue weighted by Crippen LogP contribution is -2.49.